The zero-order chi connectivity index (χ0) is 13.8. The Balaban J connectivity index is 1.91. The lowest BCUT2D eigenvalue weighted by Crippen LogP contribution is -2.41. The maximum atomic E-state index is 11.8. The summed E-state index contributed by atoms with van der Waals surface area (Å²) in [6.07, 6.45) is 3.12. The van der Waals surface area contributed by atoms with Crippen molar-refractivity contribution in [2.24, 2.45) is 5.73 Å². The Bertz CT molecular complexity index is 468. The molecule has 19 heavy (non-hydrogen) atoms. The summed E-state index contributed by atoms with van der Waals surface area (Å²) in [5, 5.41) is 3.44. The number of hydrogen-bond acceptors (Lipinski definition) is 3. The van der Waals surface area contributed by atoms with Crippen LogP contribution in [0, 0.1) is 0 Å². The molecule has 6 heteroatoms. The second-order valence-electron chi connectivity index (χ2n) is 4.65. The van der Waals surface area contributed by atoms with E-state index in [2.05, 4.69) is 5.32 Å². The van der Waals surface area contributed by atoms with Crippen LogP contribution < -0.4 is 11.1 Å². The van der Waals surface area contributed by atoms with Gasteiger partial charge in [0.1, 0.15) is 6.10 Å². The number of carbonyl (C=O) groups excluding carboxylic acids is 1. The summed E-state index contributed by atoms with van der Waals surface area (Å²) in [4.78, 5) is 11.8. The van der Waals surface area contributed by atoms with E-state index >= 15 is 0 Å². The highest BCUT2D eigenvalue weighted by Gasteiger charge is 2.25. The van der Waals surface area contributed by atoms with Gasteiger partial charge in [0, 0.05) is 11.7 Å². The second-order valence-corrected chi connectivity index (χ2v) is 5.46. The number of nitrogens with two attached hydrogens (primary N) is 1. The van der Waals surface area contributed by atoms with Crippen molar-refractivity contribution >= 4 is 35.0 Å². The summed E-state index contributed by atoms with van der Waals surface area (Å²) in [6.45, 7) is 0. The van der Waals surface area contributed by atoms with Gasteiger partial charge < -0.3 is 10.5 Å². The molecule has 0 aliphatic heterocycles. The average Bonchev–Trinajstić information content (AvgIpc) is 2.37. The average molecular weight is 303 g/mol. The van der Waals surface area contributed by atoms with Crippen molar-refractivity contribution in [3.8, 4) is 0 Å². The lowest BCUT2D eigenvalue weighted by atomic mass is 9.93. The number of anilines is 1. The topological polar surface area (TPSA) is 64.3 Å². The SMILES string of the molecule is NC1CCCCC1OC(=O)Nc1ccc(Cl)c(Cl)c1. The van der Waals surface area contributed by atoms with Crippen molar-refractivity contribution in [3.05, 3.63) is 28.2 Å². The van der Waals surface area contributed by atoms with Crippen LogP contribution in [-0.2, 0) is 4.74 Å². The molecule has 104 valence electrons. The molecule has 2 unspecified atom stereocenters. The molecule has 1 aromatic rings. The molecule has 0 spiro atoms. The lowest BCUT2D eigenvalue weighted by molar-refractivity contribution is 0.0728. The van der Waals surface area contributed by atoms with Gasteiger partial charge in [-0.05, 0) is 37.5 Å². The minimum absolute atomic E-state index is 0.0756. The molecule has 3 N–H and O–H groups in total. The largest absolute Gasteiger partial charge is 0.444 e. The van der Waals surface area contributed by atoms with Gasteiger partial charge in [0.25, 0.3) is 0 Å². The van der Waals surface area contributed by atoms with E-state index in [1.807, 2.05) is 0 Å². The molecule has 1 aliphatic rings. The maximum absolute atomic E-state index is 11.8. The Hall–Kier alpha value is -0.970. The first-order chi connectivity index (χ1) is 9.06. The third-order valence-electron chi connectivity index (χ3n) is 3.18. The van der Waals surface area contributed by atoms with E-state index in [1.165, 1.54) is 0 Å². The number of nitrogens with one attached hydrogen (secondary N) is 1. The fourth-order valence-corrected chi connectivity index (χ4v) is 2.43. The fourth-order valence-electron chi connectivity index (χ4n) is 2.13. The van der Waals surface area contributed by atoms with Crippen LogP contribution in [0.25, 0.3) is 0 Å². The number of carbonyl (C=O) groups is 1. The Kier molecular flexibility index (Phi) is 4.91. The van der Waals surface area contributed by atoms with E-state index in [-0.39, 0.29) is 12.1 Å². The van der Waals surface area contributed by atoms with E-state index in [9.17, 15) is 4.79 Å². The van der Waals surface area contributed by atoms with Gasteiger partial charge in [-0.25, -0.2) is 4.79 Å². The third-order valence-corrected chi connectivity index (χ3v) is 3.92. The van der Waals surface area contributed by atoms with Crippen LogP contribution in [0.4, 0.5) is 10.5 Å². The highest BCUT2D eigenvalue weighted by Crippen LogP contribution is 2.25. The van der Waals surface area contributed by atoms with Gasteiger partial charge >= 0.3 is 6.09 Å². The normalized spacial score (nSPS) is 22.9. The molecule has 1 saturated carbocycles. The van der Waals surface area contributed by atoms with Gasteiger partial charge in [-0.2, -0.15) is 0 Å². The molecule has 4 nitrogen and oxygen atoms in total. The van der Waals surface area contributed by atoms with Crippen LogP contribution in [0.1, 0.15) is 25.7 Å². The summed E-state index contributed by atoms with van der Waals surface area (Å²) in [5.74, 6) is 0. The van der Waals surface area contributed by atoms with E-state index < -0.39 is 6.09 Å². The van der Waals surface area contributed by atoms with Gasteiger partial charge in [-0.15, -0.1) is 0 Å². The number of hydrogen-bond donors (Lipinski definition) is 2. The van der Waals surface area contributed by atoms with Crippen molar-refractivity contribution in [3.63, 3.8) is 0 Å². The summed E-state index contributed by atoms with van der Waals surface area (Å²) < 4.78 is 5.33. The van der Waals surface area contributed by atoms with E-state index in [1.54, 1.807) is 18.2 Å². The molecule has 1 fully saturated rings. The van der Waals surface area contributed by atoms with Gasteiger partial charge in [0.15, 0.2) is 0 Å². The molecule has 1 aliphatic carbocycles. The second kappa shape index (κ2) is 6.46. The zero-order valence-electron chi connectivity index (χ0n) is 10.4. The predicted octanol–water partition coefficient (Wildman–Crippen LogP) is 3.81. The Morgan fingerprint density at radius 3 is 2.68 bits per heavy atom. The predicted molar refractivity (Wildman–Crippen MR) is 76.8 cm³/mol. The number of rotatable bonds is 2. The molecular weight excluding hydrogens is 287 g/mol. The van der Waals surface area contributed by atoms with Crippen LogP contribution >= 0.6 is 23.2 Å². The zero-order valence-corrected chi connectivity index (χ0v) is 11.9. The van der Waals surface area contributed by atoms with Gasteiger partial charge in [-0.3, -0.25) is 5.32 Å². The molecule has 1 amide bonds. The summed E-state index contributed by atoms with van der Waals surface area (Å²) >= 11 is 11.7. The molecule has 0 radical (unpaired) electrons. The molecule has 2 atom stereocenters. The summed E-state index contributed by atoms with van der Waals surface area (Å²) in [5.41, 5.74) is 6.47. The maximum Gasteiger partial charge on any atom is 0.411 e. The number of ether oxygens (including phenoxy) is 1. The highest BCUT2D eigenvalue weighted by molar-refractivity contribution is 6.42. The first-order valence-corrected chi connectivity index (χ1v) is 7.00. The van der Waals surface area contributed by atoms with Gasteiger partial charge in [-0.1, -0.05) is 29.6 Å². The Morgan fingerprint density at radius 1 is 1.26 bits per heavy atom. The molecule has 0 saturated heterocycles. The number of halogens is 2. The van der Waals surface area contributed by atoms with Crippen molar-refractivity contribution in [1.29, 1.82) is 0 Å². The molecule has 0 heterocycles. The number of benzene rings is 1. The van der Waals surface area contributed by atoms with Crippen molar-refractivity contribution in [1.82, 2.24) is 0 Å². The lowest BCUT2D eigenvalue weighted by Gasteiger charge is -2.28. The van der Waals surface area contributed by atoms with Crippen molar-refractivity contribution in [2.75, 3.05) is 5.32 Å². The molecule has 0 bridgehead atoms. The van der Waals surface area contributed by atoms with Crippen molar-refractivity contribution in [2.45, 2.75) is 37.8 Å². The first kappa shape index (κ1) is 14.4. The Morgan fingerprint density at radius 2 is 2.00 bits per heavy atom. The molecule has 2 rings (SSSR count). The van der Waals surface area contributed by atoms with Crippen LogP contribution in [-0.4, -0.2) is 18.2 Å². The summed E-state index contributed by atoms with van der Waals surface area (Å²) in [6, 6.07) is 4.78. The van der Waals surface area contributed by atoms with E-state index in [4.69, 9.17) is 33.7 Å². The van der Waals surface area contributed by atoms with E-state index in [0.29, 0.717) is 15.7 Å². The first-order valence-electron chi connectivity index (χ1n) is 6.24. The third kappa shape index (κ3) is 4.00. The standard InChI is InChI=1S/C13H16Cl2N2O2/c14-9-6-5-8(7-10(9)15)17-13(18)19-12-4-2-1-3-11(12)16/h5-7,11-12H,1-4,16H2,(H,17,18). The molecule has 0 aromatic heterocycles. The highest BCUT2D eigenvalue weighted by atomic mass is 35.5. The number of amides is 1. The van der Waals surface area contributed by atoms with Gasteiger partial charge in [0.05, 0.1) is 10.0 Å². The molecule has 1 aromatic carbocycles. The van der Waals surface area contributed by atoms with Crippen molar-refractivity contribution < 1.29 is 9.53 Å². The minimum atomic E-state index is -0.513. The van der Waals surface area contributed by atoms with E-state index in [0.717, 1.165) is 25.7 Å². The van der Waals surface area contributed by atoms with Crippen LogP contribution in [0.15, 0.2) is 18.2 Å². The molecular formula is C13H16Cl2N2O2. The smallest absolute Gasteiger partial charge is 0.411 e. The van der Waals surface area contributed by atoms with Crippen LogP contribution in [0.2, 0.25) is 10.0 Å². The van der Waals surface area contributed by atoms with Crippen LogP contribution in [0.3, 0.4) is 0 Å². The van der Waals surface area contributed by atoms with Gasteiger partial charge in [0.2, 0.25) is 0 Å². The fraction of sp³-hybridized carbons (Fsp3) is 0.462. The monoisotopic (exact) mass is 302 g/mol. The van der Waals surface area contributed by atoms with Crippen LogP contribution in [0.5, 0.6) is 0 Å². The summed E-state index contributed by atoms with van der Waals surface area (Å²) in [7, 11) is 0. The minimum Gasteiger partial charge on any atom is -0.444 e. The quantitative estimate of drug-likeness (QED) is 0.873. The Labute approximate surface area is 122 Å².